The summed E-state index contributed by atoms with van der Waals surface area (Å²) in [5, 5.41) is 8.71. The normalized spacial score (nSPS) is 12.8. The zero-order valence-corrected chi connectivity index (χ0v) is 11.9. The SMILES string of the molecule is CC(C)=CCC/C(C)=C/CC/C(C)=C\CCO. The Labute approximate surface area is 107 Å². The van der Waals surface area contributed by atoms with Gasteiger partial charge in [0.2, 0.25) is 0 Å². The Bertz CT molecular complexity index is 278. The minimum absolute atomic E-state index is 0.259. The van der Waals surface area contributed by atoms with E-state index in [0.29, 0.717) is 0 Å². The summed E-state index contributed by atoms with van der Waals surface area (Å²) in [6, 6.07) is 0. The summed E-state index contributed by atoms with van der Waals surface area (Å²) < 4.78 is 0. The molecule has 1 nitrogen and oxygen atoms in total. The first-order chi connectivity index (χ1) is 8.06. The van der Waals surface area contributed by atoms with E-state index in [4.69, 9.17) is 5.11 Å². The highest BCUT2D eigenvalue weighted by atomic mass is 16.2. The monoisotopic (exact) mass is 236 g/mol. The van der Waals surface area contributed by atoms with Gasteiger partial charge in [0, 0.05) is 6.61 Å². The predicted octanol–water partition coefficient (Wildman–Crippen LogP) is 4.79. The van der Waals surface area contributed by atoms with E-state index in [1.165, 1.54) is 23.1 Å². The summed E-state index contributed by atoms with van der Waals surface area (Å²) in [5.41, 5.74) is 4.27. The molecule has 0 aromatic rings. The van der Waals surface area contributed by atoms with E-state index in [1.807, 2.05) is 0 Å². The lowest BCUT2D eigenvalue weighted by atomic mass is 10.1. The molecule has 0 unspecified atom stereocenters. The van der Waals surface area contributed by atoms with Gasteiger partial charge in [-0.05, 0) is 59.8 Å². The molecule has 0 amide bonds. The van der Waals surface area contributed by atoms with E-state index in [1.54, 1.807) is 0 Å². The molecule has 0 aromatic carbocycles. The van der Waals surface area contributed by atoms with Crippen LogP contribution in [0.3, 0.4) is 0 Å². The third-order valence-electron chi connectivity index (χ3n) is 2.74. The number of aliphatic hydroxyl groups excluding tert-OH is 1. The first-order valence-electron chi connectivity index (χ1n) is 6.61. The van der Waals surface area contributed by atoms with Crippen LogP contribution >= 0.6 is 0 Å². The lowest BCUT2D eigenvalue weighted by Gasteiger charge is -2.01. The lowest BCUT2D eigenvalue weighted by Crippen LogP contribution is -1.82. The Balaban J connectivity index is 3.80. The second kappa shape index (κ2) is 10.3. The quantitative estimate of drug-likeness (QED) is 0.601. The highest BCUT2D eigenvalue weighted by Crippen LogP contribution is 2.11. The molecule has 1 N–H and O–H groups in total. The van der Waals surface area contributed by atoms with Gasteiger partial charge in [-0.25, -0.2) is 0 Å². The molecule has 0 aliphatic rings. The molecule has 0 saturated heterocycles. The third-order valence-corrected chi connectivity index (χ3v) is 2.74. The number of rotatable bonds is 8. The molecule has 0 aliphatic heterocycles. The minimum Gasteiger partial charge on any atom is -0.396 e. The lowest BCUT2D eigenvalue weighted by molar-refractivity contribution is 0.302. The topological polar surface area (TPSA) is 20.2 Å². The maximum absolute atomic E-state index is 8.71. The minimum atomic E-state index is 0.259. The van der Waals surface area contributed by atoms with Crippen LogP contribution in [0.1, 0.15) is 59.8 Å². The fourth-order valence-electron chi connectivity index (χ4n) is 1.65. The van der Waals surface area contributed by atoms with Gasteiger partial charge < -0.3 is 5.11 Å². The van der Waals surface area contributed by atoms with Crippen molar-refractivity contribution in [3.05, 3.63) is 34.9 Å². The van der Waals surface area contributed by atoms with E-state index < -0.39 is 0 Å². The van der Waals surface area contributed by atoms with Crippen molar-refractivity contribution in [3.63, 3.8) is 0 Å². The van der Waals surface area contributed by atoms with Gasteiger partial charge in [-0.15, -0.1) is 0 Å². The Morgan fingerprint density at radius 3 is 1.71 bits per heavy atom. The van der Waals surface area contributed by atoms with Gasteiger partial charge in [0.15, 0.2) is 0 Å². The molecular formula is C16H28O. The van der Waals surface area contributed by atoms with Gasteiger partial charge in [-0.3, -0.25) is 0 Å². The van der Waals surface area contributed by atoms with Crippen LogP contribution in [-0.2, 0) is 0 Å². The fourth-order valence-corrected chi connectivity index (χ4v) is 1.65. The second-order valence-electron chi connectivity index (χ2n) is 4.97. The van der Waals surface area contributed by atoms with Crippen LogP contribution in [0.4, 0.5) is 0 Å². The molecule has 0 fully saturated rings. The number of hydrogen-bond donors (Lipinski definition) is 1. The molecule has 0 saturated carbocycles. The van der Waals surface area contributed by atoms with Gasteiger partial charge in [-0.1, -0.05) is 34.9 Å². The molecule has 0 atom stereocenters. The number of allylic oxidation sites excluding steroid dienone is 5. The highest BCUT2D eigenvalue weighted by molar-refractivity contribution is 5.05. The van der Waals surface area contributed by atoms with E-state index in [9.17, 15) is 0 Å². The Morgan fingerprint density at radius 2 is 1.24 bits per heavy atom. The first kappa shape index (κ1) is 16.2. The van der Waals surface area contributed by atoms with Gasteiger partial charge in [-0.2, -0.15) is 0 Å². The summed E-state index contributed by atoms with van der Waals surface area (Å²) in [6.45, 7) is 8.91. The summed E-state index contributed by atoms with van der Waals surface area (Å²) in [7, 11) is 0. The molecule has 1 heteroatoms. The van der Waals surface area contributed by atoms with Crippen molar-refractivity contribution in [1.29, 1.82) is 0 Å². The molecule has 0 rings (SSSR count). The standard InChI is InChI=1S/C16H28O/c1-14(2)8-5-9-15(3)10-6-11-16(4)12-7-13-17/h8,10,12,17H,5-7,9,11,13H2,1-4H3/b15-10+,16-12-. The second-order valence-corrected chi connectivity index (χ2v) is 4.97. The third kappa shape index (κ3) is 11.4. The summed E-state index contributed by atoms with van der Waals surface area (Å²) >= 11 is 0. The molecule has 0 aromatic heterocycles. The number of hydrogen-bond acceptors (Lipinski definition) is 1. The van der Waals surface area contributed by atoms with Gasteiger partial charge >= 0.3 is 0 Å². The average molecular weight is 236 g/mol. The fraction of sp³-hybridized carbons (Fsp3) is 0.625. The molecule has 0 spiro atoms. The van der Waals surface area contributed by atoms with E-state index in [-0.39, 0.29) is 6.61 Å². The Morgan fingerprint density at radius 1 is 0.765 bits per heavy atom. The van der Waals surface area contributed by atoms with Gasteiger partial charge in [0.25, 0.3) is 0 Å². The van der Waals surface area contributed by atoms with Crippen LogP contribution in [0.25, 0.3) is 0 Å². The van der Waals surface area contributed by atoms with Gasteiger partial charge in [0.05, 0.1) is 0 Å². The number of aliphatic hydroxyl groups is 1. The molecule has 98 valence electrons. The molecule has 0 radical (unpaired) electrons. The summed E-state index contributed by atoms with van der Waals surface area (Å²) in [5.74, 6) is 0. The van der Waals surface area contributed by atoms with Crippen molar-refractivity contribution in [1.82, 2.24) is 0 Å². The van der Waals surface area contributed by atoms with E-state index >= 15 is 0 Å². The molecular weight excluding hydrogens is 208 g/mol. The van der Waals surface area contributed by atoms with Crippen molar-refractivity contribution in [2.45, 2.75) is 59.8 Å². The van der Waals surface area contributed by atoms with Crippen molar-refractivity contribution in [3.8, 4) is 0 Å². The van der Waals surface area contributed by atoms with Crippen molar-refractivity contribution < 1.29 is 5.11 Å². The van der Waals surface area contributed by atoms with E-state index in [0.717, 1.165) is 25.7 Å². The van der Waals surface area contributed by atoms with Crippen molar-refractivity contribution in [2.24, 2.45) is 0 Å². The Kier molecular flexibility index (Phi) is 9.84. The molecule has 0 heterocycles. The largest absolute Gasteiger partial charge is 0.396 e. The first-order valence-corrected chi connectivity index (χ1v) is 6.61. The van der Waals surface area contributed by atoms with Crippen LogP contribution < -0.4 is 0 Å². The molecule has 0 aliphatic carbocycles. The van der Waals surface area contributed by atoms with Crippen LogP contribution in [0, 0.1) is 0 Å². The maximum atomic E-state index is 8.71. The predicted molar refractivity (Wildman–Crippen MR) is 77.1 cm³/mol. The van der Waals surface area contributed by atoms with Crippen LogP contribution in [0.15, 0.2) is 34.9 Å². The summed E-state index contributed by atoms with van der Waals surface area (Å²) in [4.78, 5) is 0. The van der Waals surface area contributed by atoms with E-state index in [2.05, 4.69) is 45.9 Å². The summed E-state index contributed by atoms with van der Waals surface area (Å²) in [6.07, 6.45) is 12.1. The zero-order valence-electron chi connectivity index (χ0n) is 11.9. The highest BCUT2D eigenvalue weighted by Gasteiger charge is 1.91. The van der Waals surface area contributed by atoms with Crippen LogP contribution in [0.5, 0.6) is 0 Å². The smallest absolute Gasteiger partial charge is 0.0465 e. The Hall–Kier alpha value is -0.820. The van der Waals surface area contributed by atoms with Crippen molar-refractivity contribution >= 4 is 0 Å². The average Bonchev–Trinajstić information content (AvgIpc) is 2.25. The van der Waals surface area contributed by atoms with Crippen molar-refractivity contribution in [2.75, 3.05) is 6.61 Å². The molecule has 17 heavy (non-hydrogen) atoms. The van der Waals surface area contributed by atoms with Crippen LogP contribution in [-0.4, -0.2) is 11.7 Å². The zero-order chi connectivity index (χ0) is 13.1. The maximum Gasteiger partial charge on any atom is 0.0465 e. The van der Waals surface area contributed by atoms with Gasteiger partial charge in [0.1, 0.15) is 0 Å². The molecule has 0 bridgehead atoms. The van der Waals surface area contributed by atoms with Crippen LogP contribution in [0.2, 0.25) is 0 Å².